The van der Waals surface area contributed by atoms with E-state index < -0.39 is 0 Å². The number of para-hydroxylation sites is 1. The highest BCUT2D eigenvalue weighted by Crippen LogP contribution is 2.15. The SMILES string of the molecule is O=C(NCCCn1cccn1)c1nn(-c2ccccc2)c(=O)c2ccccc12. The third-order valence-electron chi connectivity index (χ3n) is 4.43. The molecular formula is C21H19N5O2. The van der Waals surface area contributed by atoms with Crippen molar-refractivity contribution in [2.75, 3.05) is 6.54 Å². The first-order valence-corrected chi connectivity index (χ1v) is 9.07. The van der Waals surface area contributed by atoms with E-state index in [-0.39, 0.29) is 17.2 Å². The average molecular weight is 373 g/mol. The first-order chi connectivity index (χ1) is 13.7. The molecule has 4 aromatic rings. The Morgan fingerprint density at radius 1 is 0.964 bits per heavy atom. The second-order valence-electron chi connectivity index (χ2n) is 6.33. The average Bonchev–Trinajstić information content (AvgIpc) is 3.26. The Hall–Kier alpha value is -3.74. The molecule has 0 aliphatic heterocycles. The second-order valence-corrected chi connectivity index (χ2v) is 6.33. The van der Waals surface area contributed by atoms with Gasteiger partial charge in [0.05, 0.1) is 11.1 Å². The van der Waals surface area contributed by atoms with Gasteiger partial charge in [-0.05, 0) is 30.7 Å². The highest BCUT2D eigenvalue weighted by molar-refractivity contribution is 6.04. The van der Waals surface area contributed by atoms with Crippen LogP contribution in [0, 0.1) is 0 Å². The van der Waals surface area contributed by atoms with Gasteiger partial charge in [0.2, 0.25) is 0 Å². The van der Waals surface area contributed by atoms with Crippen LogP contribution in [0.5, 0.6) is 0 Å². The fraction of sp³-hybridized carbons (Fsp3) is 0.143. The molecular weight excluding hydrogens is 354 g/mol. The van der Waals surface area contributed by atoms with Crippen LogP contribution in [-0.4, -0.2) is 32.0 Å². The van der Waals surface area contributed by atoms with E-state index in [1.807, 2.05) is 35.1 Å². The maximum Gasteiger partial charge on any atom is 0.279 e. The largest absolute Gasteiger partial charge is 0.351 e. The summed E-state index contributed by atoms with van der Waals surface area (Å²) in [6, 6.07) is 18.0. The first-order valence-electron chi connectivity index (χ1n) is 9.07. The van der Waals surface area contributed by atoms with E-state index in [4.69, 9.17) is 0 Å². The first kappa shape index (κ1) is 17.7. The van der Waals surface area contributed by atoms with Gasteiger partial charge in [0, 0.05) is 30.9 Å². The predicted molar refractivity (Wildman–Crippen MR) is 107 cm³/mol. The molecule has 0 saturated heterocycles. The summed E-state index contributed by atoms with van der Waals surface area (Å²) < 4.78 is 3.09. The van der Waals surface area contributed by atoms with Crippen LogP contribution in [0.2, 0.25) is 0 Å². The summed E-state index contributed by atoms with van der Waals surface area (Å²) in [5.41, 5.74) is 0.598. The van der Waals surface area contributed by atoms with Crippen LogP contribution in [0.25, 0.3) is 16.5 Å². The monoisotopic (exact) mass is 373 g/mol. The fourth-order valence-corrected chi connectivity index (χ4v) is 3.06. The van der Waals surface area contributed by atoms with Gasteiger partial charge in [0.15, 0.2) is 5.69 Å². The lowest BCUT2D eigenvalue weighted by atomic mass is 10.1. The smallest absolute Gasteiger partial charge is 0.279 e. The number of nitrogens with zero attached hydrogens (tertiary/aromatic N) is 4. The summed E-state index contributed by atoms with van der Waals surface area (Å²) in [7, 11) is 0. The number of fused-ring (bicyclic) bond motifs is 1. The zero-order valence-electron chi connectivity index (χ0n) is 15.2. The number of aromatic nitrogens is 4. The number of amides is 1. The van der Waals surface area contributed by atoms with Gasteiger partial charge in [-0.15, -0.1) is 0 Å². The van der Waals surface area contributed by atoms with Crippen LogP contribution in [0.15, 0.2) is 77.9 Å². The normalized spacial score (nSPS) is 10.9. The highest BCUT2D eigenvalue weighted by atomic mass is 16.2. The molecule has 140 valence electrons. The summed E-state index contributed by atoms with van der Waals surface area (Å²) in [4.78, 5) is 25.7. The third-order valence-corrected chi connectivity index (χ3v) is 4.43. The molecule has 0 aliphatic carbocycles. The molecule has 2 aromatic carbocycles. The molecule has 0 saturated carbocycles. The van der Waals surface area contributed by atoms with Gasteiger partial charge in [0.25, 0.3) is 11.5 Å². The molecule has 0 atom stereocenters. The van der Waals surface area contributed by atoms with Crippen molar-refractivity contribution < 1.29 is 4.79 Å². The van der Waals surface area contributed by atoms with E-state index >= 15 is 0 Å². The molecule has 0 radical (unpaired) electrons. The zero-order chi connectivity index (χ0) is 19.3. The van der Waals surface area contributed by atoms with E-state index in [9.17, 15) is 9.59 Å². The van der Waals surface area contributed by atoms with Crippen molar-refractivity contribution in [1.29, 1.82) is 0 Å². The molecule has 2 heterocycles. The lowest BCUT2D eigenvalue weighted by Gasteiger charge is -2.11. The number of nitrogens with one attached hydrogen (secondary N) is 1. The van der Waals surface area contributed by atoms with Gasteiger partial charge in [-0.3, -0.25) is 14.3 Å². The van der Waals surface area contributed by atoms with Crippen molar-refractivity contribution in [2.45, 2.75) is 13.0 Å². The van der Waals surface area contributed by atoms with E-state index in [2.05, 4.69) is 15.5 Å². The van der Waals surface area contributed by atoms with Gasteiger partial charge in [-0.25, -0.2) is 0 Å². The standard InChI is InChI=1S/C21H19N5O2/c27-20(22-12-6-14-25-15-7-13-23-25)19-17-10-4-5-11-18(17)21(28)26(24-19)16-8-2-1-3-9-16/h1-5,7-11,13,15H,6,12,14H2,(H,22,27). The molecule has 1 amide bonds. The lowest BCUT2D eigenvalue weighted by Crippen LogP contribution is -2.30. The second kappa shape index (κ2) is 7.87. The Bertz CT molecular complexity index is 1150. The van der Waals surface area contributed by atoms with Crippen LogP contribution < -0.4 is 10.9 Å². The molecule has 4 rings (SSSR count). The molecule has 2 aromatic heterocycles. The van der Waals surface area contributed by atoms with Gasteiger partial charge in [-0.1, -0.05) is 36.4 Å². The van der Waals surface area contributed by atoms with Crippen molar-refractivity contribution in [2.24, 2.45) is 0 Å². The Kier molecular flexibility index (Phi) is 4.97. The molecule has 0 unspecified atom stereocenters. The quantitative estimate of drug-likeness (QED) is 0.526. The van der Waals surface area contributed by atoms with Gasteiger partial charge in [-0.2, -0.15) is 14.9 Å². The number of benzene rings is 2. The van der Waals surface area contributed by atoms with Crippen LogP contribution in [0.1, 0.15) is 16.9 Å². The predicted octanol–water partition coefficient (Wildman–Crippen LogP) is 2.40. The van der Waals surface area contributed by atoms with Crippen LogP contribution in [-0.2, 0) is 6.54 Å². The minimum atomic E-state index is -0.304. The Labute approximate surface area is 161 Å². The molecule has 0 aliphatic rings. The minimum Gasteiger partial charge on any atom is -0.351 e. The number of aryl methyl sites for hydroxylation is 1. The van der Waals surface area contributed by atoms with Crippen LogP contribution >= 0.6 is 0 Å². The van der Waals surface area contributed by atoms with E-state index in [1.54, 1.807) is 42.6 Å². The maximum atomic E-state index is 12.9. The number of carbonyl (C=O) groups is 1. The van der Waals surface area contributed by atoms with Gasteiger partial charge < -0.3 is 5.32 Å². The summed E-state index contributed by atoms with van der Waals surface area (Å²) in [6.07, 6.45) is 4.35. The van der Waals surface area contributed by atoms with E-state index in [0.29, 0.717) is 29.5 Å². The summed E-state index contributed by atoms with van der Waals surface area (Å²) in [6.45, 7) is 1.20. The molecule has 0 fully saturated rings. The minimum absolute atomic E-state index is 0.234. The maximum absolute atomic E-state index is 12.9. The zero-order valence-corrected chi connectivity index (χ0v) is 15.2. The van der Waals surface area contributed by atoms with Crippen molar-refractivity contribution in [3.8, 4) is 5.69 Å². The fourth-order valence-electron chi connectivity index (χ4n) is 3.06. The van der Waals surface area contributed by atoms with Gasteiger partial charge >= 0.3 is 0 Å². The molecule has 0 spiro atoms. The van der Waals surface area contributed by atoms with Gasteiger partial charge in [0.1, 0.15) is 0 Å². The van der Waals surface area contributed by atoms with E-state index in [0.717, 1.165) is 6.42 Å². The Morgan fingerprint density at radius 3 is 2.46 bits per heavy atom. The van der Waals surface area contributed by atoms with Crippen molar-refractivity contribution in [3.63, 3.8) is 0 Å². The molecule has 28 heavy (non-hydrogen) atoms. The molecule has 7 nitrogen and oxygen atoms in total. The molecule has 7 heteroatoms. The number of carbonyl (C=O) groups excluding carboxylic acids is 1. The molecule has 1 N–H and O–H groups in total. The summed E-state index contributed by atoms with van der Waals surface area (Å²) in [5, 5.41) is 12.4. The lowest BCUT2D eigenvalue weighted by molar-refractivity contribution is 0.0948. The molecule has 0 bridgehead atoms. The summed E-state index contributed by atoms with van der Waals surface area (Å²) >= 11 is 0. The van der Waals surface area contributed by atoms with Crippen molar-refractivity contribution >= 4 is 16.7 Å². The van der Waals surface area contributed by atoms with Crippen LogP contribution in [0.4, 0.5) is 0 Å². The third kappa shape index (κ3) is 3.55. The Morgan fingerprint density at radius 2 is 1.71 bits per heavy atom. The number of hydrogen-bond donors (Lipinski definition) is 1. The van der Waals surface area contributed by atoms with Crippen LogP contribution in [0.3, 0.4) is 0 Å². The topological polar surface area (TPSA) is 81.8 Å². The van der Waals surface area contributed by atoms with Crippen molar-refractivity contribution in [1.82, 2.24) is 24.9 Å². The number of hydrogen-bond acceptors (Lipinski definition) is 4. The van der Waals surface area contributed by atoms with E-state index in [1.165, 1.54) is 4.68 Å². The number of rotatable bonds is 6. The van der Waals surface area contributed by atoms with Crippen molar-refractivity contribution in [3.05, 3.63) is 89.1 Å². The summed E-state index contributed by atoms with van der Waals surface area (Å²) in [5.74, 6) is -0.304. The highest BCUT2D eigenvalue weighted by Gasteiger charge is 2.17. The Balaban J connectivity index is 1.63.